The monoisotopic (exact) mass is 442 g/mol. The zero-order valence-corrected chi connectivity index (χ0v) is 22.1. The molecule has 4 rings (SSSR count). The number of ether oxygens (including phenoxy) is 1. The standard InChI is InChI=1S/C30H50O2/c1-19(2)20(3)8-9-21(4)26-12-13-27-25-11-10-23-18-24(32-22(5)31)14-16-29(23,6)28(25)15-17-30(26,27)7/h10,19-21,24-28H,8-9,11-18H2,1-7H3/t20-,21+,24-,25-,26+,27-,28-,29-,30+/m0/s1. The van der Waals surface area contributed by atoms with Crippen LogP contribution in [0.2, 0.25) is 0 Å². The first-order chi connectivity index (χ1) is 15.1. The Balaban J connectivity index is 1.46. The summed E-state index contributed by atoms with van der Waals surface area (Å²) in [7, 11) is 0. The molecular formula is C30H50O2. The lowest BCUT2D eigenvalue weighted by molar-refractivity contribution is -0.148. The van der Waals surface area contributed by atoms with Crippen molar-refractivity contribution in [3.05, 3.63) is 11.6 Å². The van der Waals surface area contributed by atoms with Gasteiger partial charge in [0, 0.05) is 13.3 Å². The van der Waals surface area contributed by atoms with Crippen LogP contribution in [0.25, 0.3) is 0 Å². The number of hydrogen-bond acceptors (Lipinski definition) is 2. The van der Waals surface area contributed by atoms with E-state index in [0.717, 1.165) is 54.3 Å². The molecule has 0 amide bonds. The summed E-state index contributed by atoms with van der Waals surface area (Å²) in [5.41, 5.74) is 2.51. The van der Waals surface area contributed by atoms with Crippen molar-refractivity contribution in [2.75, 3.05) is 0 Å². The first-order valence-corrected chi connectivity index (χ1v) is 13.9. The van der Waals surface area contributed by atoms with Gasteiger partial charge < -0.3 is 4.74 Å². The summed E-state index contributed by atoms with van der Waals surface area (Å²) in [5.74, 6) is 5.96. The van der Waals surface area contributed by atoms with Crippen LogP contribution in [0.15, 0.2) is 11.6 Å². The zero-order chi connectivity index (χ0) is 23.3. The van der Waals surface area contributed by atoms with Crippen molar-refractivity contribution >= 4 is 5.97 Å². The molecule has 2 heteroatoms. The fourth-order valence-corrected chi connectivity index (χ4v) is 9.00. The van der Waals surface area contributed by atoms with Crippen LogP contribution in [0.5, 0.6) is 0 Å². The van der Waals surface area contributed by atoms with Crippen molar-refractivity contribution in [3.63, 3.8) is 0 Å². The lowest BCUT2D eigenvalue weighted by atomic mass is 9.47. The Hall–Kier alpha value is -0.790. The van der Waals surface area contributed by atoms with Gasteiger partial charge >= 0.3 is 5.97 Å². The smallest absolute Gasteiger partial charge is 0.302 e. The molecule has 182 valence electrons. The molecule has 0 aliphatic heterocycles. The van der Waals surface area contributed by atoms with E-state index >= 15 is 0 Å². The number of rotatable bonds is 6. The highest BCUT2D eigenvalue weighted by molar-refractivity contribution is 5.66. The second kappa shape index (κ2) is 9.10. The van der Waals surface area contributed by atoms with Crippen LogP contribution in [0.3, 0.4) is 0 Å². The van der Waals surface area contributed by atoms with Crippen molar-refractivity contribution in [3.8, 4) is 0 Å². The summed E-state index contributed by atoms with van der Waals surface area (Å²) in [5, 5.41) is 0. The van der Waals surface area contributed by atoms with Crippen molar-refractivity contribution in [2.45, 2.75) is 119 Å². The maximum atomic E-state index is 11.5. The van der Waals surface area contributed by atoms with Gasteiger partial charge in [0.2, 0.25) is 0 Å². The average Bonchev–Trinajstić information content (AvgIpc) is 3.08. The van der Waals surface area contributed by atoms with Crippen LogP contribution in [-0.4, -0.2) is 12.1 Å². The maximum absolute atomic E-state index is 11.5. The van der Waals surface area contributed by atoms with E-state index in [9.17, 15) is 4.79 Å². The third kappa shape index (κ3) is 4.22. The Kier molecular flexibility index (Phi) is 6.92. The lowest BCUT2D eigenvalue weighted by Crippen LogP contribution is -2.51. The van der Waals surface area contributed by atoms with Gasteiger partial charge in [-0.25, -0.2) is 0 Å². The summed E-state index contributed by atoms with van der Waals surface area (Å²) in [6.45, 7) is 16.6. The lowest BCUT2D eigenvalue weighted by Gasteiger charge is -2.58. The average molecular weight is 443 g/mol. The summed E-state index contributed by atoms with van der Waals surface area (Å²) in [6, 6.07) is 0. The molecule has 3 fully saturated rings. The van der Waals surface area contributed by atoms with E-state index in [1.807, 2.05) is 0 Å². The van der Waals surface area contributed by atoms with Crippen LogP contribution in [0.4, 0.5) is 0 Å². The van der Waals surface area contributed by atoms with Crippen molar-refractivity contribution < 1.29 is 9.53 Å². The van der Waals surface area contributed by atoms with Crippen molar-refractivity contribution in [2.24, 2.45) is 52.3 Å². The topological polar surface area (TPSA) is 26.3 Å². The maximum Gasteiger partial charge on any atom is 0.302 e. The van der Waals surface area contributed by atoms with E-state index in [-0.39, 0.29) is 12.1 Å². The van der Waals surface area contributed by atoms with Gasteiger partial charge in [0.1, 0.15) is 6.10 Å². The number of fused-ring (bicyclic) bond motifs is 5. The Morgan fingerprint density at radius 3 is 2.47 bits per heavy atom. The van der Waals surface area contributed by atoms with E-state index in [0.29, 0.717) is 10.8 Å². The molecule has 0 N–H and O–H groups in total. The molecule has 0 aromatic rings. The molecule has 0 bridgehead atoms. The summed E-state index contributed by atoms with van der Waals surface area (Å²) >= 11 is 0. The Bertz CT molecular complexity index is 722. The van der Waals surface area contributed by atoms with Gasteiger partial charge in [0.05, 0.1) is 0 Å². The number of allylic oxidation sites excluding steroid dienone is 1. The Morgan fingerprint density at radius 2 is 1.78 bits per heavy atom. The third-order valence-corrected chi connectivity index (χ3v) is 11.4. The number of esters is 1. The first-order valence-electron chi connectivity index (χ1n) is 13.9. The molecule has 0 heterocycles. The van der Waals surface area contributed by atoms with Gasteiger partial charge in [-0.1, -0.05) is 66.0 Å². The molecule has 3 saturated carbocycles. The second-order valence-corrected chi connectivity index (χ2v) is 13.2. The molecule has 4 aliphatic rings. The number of carbonyl (C=O) groups is 1. The van der Waals surface area contributed by atoms with Crippen LogP contribution >= 0.6 is 0 Å². The molecule has 2 nitrogen and oxygen atoms in total. The van der Waals surface area contributed by atoms with Gasteiger partial charge in [0.25, 0.3) is 0 Å². The van der Waals surface area contributed by atoms with Gasteiger partial charge in [-0.2, -0.15) is 0 Å². The predicted molar refractivity (Wildman–Crippen MR) is 133 cm³/mol. The van der Waals surface area contributed by atoms with E-state index in [4.69, 9.17) is 4.74 Å². The molecule has 0 radical (unpaired) electrons. The fourth-order valence-electron chi connectivity index (χ4n) is 9.00. The second-order valence-electron chi connectivity index (χ2n) is 13.2. The highest BCUT2D eigenvalue weighted by Gasteiger charge is 2.59. The minimum atomic E-state index is -0.116. The van der Waals surface area contributed by atoms with E-state index in [1.165, 1.54) is 51.4 Å². The summed E-state index contributed by atoms with van der Waals surface area (Å²) in [6.07, 6.45) is 15.8. The molecule has 0 aromatic carbocycles. The summed E-state index contributed by atoms with van der Waals surface area (Å²) in [4.78, 5) is 11.5. The van der Waals surface area contributed by atoms with Gasteiger partial charge in [0.15, 0.2) is 0 Å². The Labute approximate surface area is 198 Å². The van der Waals surface area contributed by atoms with E-state index in [2.05, 4.69) is 47.6 Å². The third-order valence-electron chi connectivity index (χ3n) is 11.4. The largest absolute Gasteiger partial charge is 0.462 e. The molecule has 0 aromatic heterocycles. The number of hydrogen-bond donors (Lipinski definition) is 0. The van der Waals surface area contributed by atoms with Crippen LogP contribution in [0, 0.1) is 52.3 Å². The van der Waals surface area contributed by atoms with Gasteiger partial charge in [-0.05, 0) is 97.2 Å². The molecule has 4 aliphatic carbocycles. The highest BCUT2D eigenvalue weighted by Crippen LogP contribution is 2.67. The van der Waals surface area contributed by atoms with Gasteiger partial charge in [-0.15, -0.1) is 0 Å². The molecule has 9 atom stereocenters. The number of carbonyl (C=O) groups excluding carboxylic acids is 1. The van der Waals surface area contributed by atoms with E-state index in [1.54, 1.807) is 12.5 Å². The quantitative estimate of drug-likeness (QED) is 0.306. The van der Waals surface area contributed by atoms with E-state index < -0.39 is 0 Å². The Morgan fingerprint density at radius 1 is 1.03 bits per heavy atom. The zero-order valence-electron chi connectivity index (χ0n) is 22.1. The SMILES string of the molecule is CC(=O)O[C@H]1CC[C@@]2(C)C(=CC[C@H]3[C@@H]4CC[C@H]([C@H](C)CC[C@H](C)C(C)C)[C@@]4(C)CC[C@@H]32)C1. The highest BCUT2D eigenvalue weighted by atomic mass is 16.5. The molecule has 32 heavy (non-hydrogen) atoms. The minimum Gasteiger partial charge on any atom is -0.462 e. The minimum absolute atomic E-state index is 0.113. The van der Waals surface area contributed by atoms with Crippen molar-refractivity contribution in [1.29, 1.82) is 0 Å². The molecule has 0 spiro atoms. The van der Waals surface area contributed by atoms with Crippen LogP contribution in [0.1, 0.15) is 113 Å². The normalized spacial score (nSPS) is 43.0. The predicted octanol–water partition coefficient (Wildman–Crippen LogP) is 8.21. The van der Waals surface area contributed by atoms with Crippen LogP contribution < -0.4 is 0 Å². The summed E-state index contributed by atoms with van der Waals surface area (Å²) < 4.78 is 5.62. The molecule has 0 saturated heterocycles. The van der Waals surface area contributed by atoms with Crippen LogP contribution in [-0.2, 0) is 9.53 Å². The fraction of sp³-hybridized carbons (Fsp3) is 0.900. The first kappa shape index (κ1) is 24.3. The molecular weight excluding hydrogens is 392 g/mol. The van der Waals surface area contributed by atoms with Gasteiger partial charge in [-0.3, -0.25) is 4.79 Å². The molecule has 0 unspecified atom stereocenters. The van der Waals surface area contributed by atoms with Crippen molar-refractivity contribution in [1.82, 2.24) is 0 Å².